The zero-order valence-electron chi connectivity index (χ0n) is 6.85. The summed E-state index contributed by atoms with van der Waals surface area (Å²) in [6, 6.07) is 0. The van der Waals surface area contributed by atoms with Gasteiger partial charge in [-0.15, -0.1) is 0 Å². The van der Waals surface area contributed by atoms with Crippen LogP contribution in [-0.2, 0) is 0 Å². The van der Waals surface area contributed by atoms with E-state index < -0.39 is 0 Å². The highest BCUT2D eigenvalue weighted by Crippen LogP contribution is 2.14. The molecule has 0 aliphatic heterocycles. The Morgan fingerprint density at radius 3 is 2.11 bits per heavy atom. The maximum atomic E-state index is 5.50. The minimum absolute atomic E-state index is 0.699. The van der Waals surface area contributed by atoms with Crippen LogP contribution in [0.1, 0.15) is 33.6 Å². The normalized spacial score (nSPS) is 17.3. The molecule has 0 amide bonds. The van der Waals surface area contributed by atoms with Gasteiger partial charge >= 0.3 is 0 Å². The first-order valence-electron chi connectivity index (χ1n) is 3.92. The summed E-state index contributed by atoms with van der Waals surface area (Å²) in [5.74, 6) is 1.50. The molecule has 0 aromatic heterocycles. The molecule has 56 valence electrons. The Balaban J connectivity index is 3.32. The Labute approximate surface area is 58.6 Å². The van der Waals surface area contributed by atoms with Gasteiger partial charge in [-0.2, -0.15) is 0 Å². The van der Waals surface area contributed by atoms with Crippen molar-refractivity contribution in [2.45, 2.75) is 33.6 Å². The van der Waals surface area contributed by atoms with Gasteiger partial charge in [-0.1, -0.05) is 33.6 Å². The molecule has 0 bridgehead atoms. The fourth-order valence-electron chi connectivity index (χ4n) is 0.972. The monoisotopic (exact) mass is 129 g/mol. The molecule has 0 aromatic rings. The molecule has 1 heteroatoms. The first-order chi connectivity index (χ1) is 4.22. The van der Waals surface area contributed by atoms with Crippen molar-refractivity contribution in [1.29, 1.82) is 0 Å². The third-order valence-corrected chi connectivity index (χ3v) is 2.09. The van der Waals surface area contributed by atoms with Gasteiger partial charge in [0.25, 0.3) is 0 Å². The minimum atomic E-state index is 0.699. The molecular weight excluding hydrogens is 110 g/mol. The summed E-state index contributed by atoms with van der Waals surface area (Å²) in [4.78, 5) is 0. The fraction of sp³-hybridized carbons (Fsp3) is 1.00. The Morgan fingerprint density at radius 1 is 1.22 bits per heavy atom. The van der Waals surface area contributed by atoms with E-state index in [4.69, 9.17) is 5.73 Å². The lowest BCUT2D eigenvalue weighted by Crippen LogP contribution is -2.18. The van der Waals surface area contributed by atoms with Gasteiger partial charge in [-0.25, -0.2) is 0 Å². The second-order valence-electron chi connectivity index (χ2n) is 2.98. The first-order valence-corrected chi connectivity index (χ1v) is 3.92. The van der Waals surface area contributed by atoms with E-state index in [9.17, 15) is 0 Å². The molecule has 0 spiro atoms. The molecule has 0 radical (unpaired) electrons. The molecule has 0 fully saturated rings. The van der Waals surface area contributed by atoms with Crippen LogP contribution in [0.15, 0.2) is 0 Å². The van der Waals surface area contributed by atoms with Gasteiger partial charge < -0.3 is 5.73 Å². The third kappa shape index (κ3) is 3.52. The highest BCUT2D eigenvalue weighted by atomic mass is 14.5. The first kappa shape index (κ1) is 8.96. The fourth-order valence-corrected chi connectivity index (χ4v) is 0.972. The third-order valence-electron chi connectivity index (χ3n) is 2.09. The highest BCUT2D eigenvalue weighted by molar-refractivity contribution is 4.60. The average molecular weight is 129 g/mol. The summed E-state index contributed by atoms with van der Waals surface area (Å²) in [5.41, 5.74) is 5.50. The lowest BCUT2D eigenvalue weighted by molar-refractivity contribution is 0.369. The van der Waals surface area contributed by atoms with Gasteiger partial charge in [0.1, 0.15) is 0 Å². The molecule has 0 aliphatic carbocycles. The van der Waals surface area contributed by atoms with E-state index in [1.165, 1.54) is 12.8 Å². The molecule has 2 atom stereocenters. The maximum absolute atomic E-state index is 5.50. The van der Waals surface area contributed by atoms with Crippen molar-refractivity contribution in [1.82, 2.24) is 0 Å². The summed E-state index contributed by atoms with van der Waals surface area (Å²) >= 11 is 0. The van der Waals surface area contributed by atoms with E-state index in [0.717, 1.165) is 12.5 Å². The molecule has 0 heterocycles. The van der Waals surface area contributed by atoms with Crippen LogP contribution in [0.2, 0.25) is 0 Å². The zero-order valence-corrected chi connectivity index (χ0v) is 6.85. The van der Waals surface area contributed by atoms with Crippen molar-refractivity contribution in [3.8, 4) is 0 Å². The van der Waals surface area contributed by atoms with Crippen LogP contribution in [0.5, 0.6) is 0 Å². The number of nitrogens with two attached hydrogens (primary N) is 1. The maximum Gasteiger partial charge on any atom is -0.00490 e. The van der Waals surface area contributed by atoms with Gasteiger partial charge in [0.2, 0.25) is 0 Å². The second-order valence-corrected chi connectivity index (χ2v) is 2.98. The molecule has 2 N–H and O–H groups in total. The predicted molar refractivity (Wildman–Crippen MR) is 42.3 cm³/mol. The van der Waals surface area contributed by atoms with Crippen molar-refractivity contribution < 1.29 is 0 Å². The van der Waals surface area contributed by atoms with Crippen LogP contribution in [-0.4, -0.2) is 6.54 Å². The van der Waals surface area contributed by atoms with Crippen molar-refractivity contribution in [3.63, 3.8) is 0 Å². The predicted octanol–water partition coefficient (Wildman–Crippen LogP) is 2.02. The van der Waals surface area contributed by atoms with Gasteiger partial charge in [-0.3, -0.25) is 0 Å². The SMILES string of the molecule is CCC[C@@H](C)C(C)CN. The van der Waals surface area contributed by atoms with Crippen LogP contribution in [0.3, 0.4) is 0 Å². The van der Waals surface area contributed by atoms with Crippen LogP contribution in [0, 0.1) is 11.8 Å². The quantitative estimate of drug-likeness (QED) is 0.617. The average Bonchev–Trinajstić information content (AvgIpc) is 1.87. The topological polar surface area (TPSA) is 26.0 Å². The Morgan fingerprint density at radius 2 is 1.78 bits per heavy atom. The molecule has 1 unspecified atom stereocenters. The van der Waals surface area contributed by atoms with E-state index in [0.29, 0.717) is 5.92 Å². The number of hydrogen-bond acceptors (Lipinski definition) is 1. The van der Waals surface area contributed by atoms with Gasteiger partial charge in [0.15, 0.2) is 0 Å². The van der Waals surface area contributed by atoms with E-state index in [1.807, 2.05) is 0 Å². The van der Waals surface area contributed by atoms with E-state index >= 15 is 0 Å². The molecule has 0 saturated carbocycles. The molecule has 0 aliphatic rings. The van der Waals surface area contributed by atoms with Gasteiger partial charge in [0, 0.05) is 0 Å². The minimum Gasteiger partial charge on any atom is -0.330 e. The molecule has 0 saturated heterocycles. The Bertz CT molecular complexity index is 61.6. The van der Waals surface area contributed by atoms with Crippen LogP contribution >= 0.6 is 0 Å². The van der Waals surface area contributed by atoms with E-state index in [2.05, 4.69) is 20.8 Å². The van der Waals surface area contributed by atoms with Crippen LogP contribution < -0.4 is 5.73 Å². The summed E-state index contributed by atoms with van der Waals surface area (Å²) in [5, 5.41) is 0. The second kappa shape index (κ2) is 4.80. The lowest BCUT2D eigenvalue weighted by Gasteiger charge is -2.16. The Hall–Kier alpha value is -0.0400. The van der Waals surface area contributed by atoms with Crippen molar-refractivity contribution >= 4 is 0 Å². The van der Waals surface area contributed by atoms with Crippen LogP contribution in [0.25, 0.3) is 0 Å². The largest absolute Gasteiger partial charge is 0.330 e. The molecule has 9 heavy (non-hydrogen) atoms. The molecular formula is C8H19N. The number of hydrogen-bond donors (Lipinski definition) is 1. The smallest absolute Gasteiger partial charge is 0.00490 e. The highest BCUT2D eigenvalue weighted by Gasteiger charge is 2.07. The van der Waals surface area contributed by atoms with Crippen molar-refractivity contribution in [2.75, 3.05) is 6.54 Å². The van der Waals surface area contributed by atoms with Crippen LogP contribution in [0.4, 0.5) is 0 Å². The summed E-state index contributed by atoms with van der Waals surface area (Å²) in [7, 11) is 0. The summed E-state index contributed by atoms with van der Waals surface area (Å²) in [6.45, 7) is 7.56. The zero-order chi connectivity index (χ0) is 7.28. The van der Waals surface area contributed by atoms with E-state index in [1.54, 1.807) is 0 Å². The van der Waals surface area contributed by atoms with Crippen molar-refractivity contribution in [2.24, 2.45) is 17.6 Å². The number of rotatable bonds is 4. The van der Waals surface area contributed by atoms with Gasteiger partial charge in [0.05, 0.1) is 0 Å². The van der Waals surface area contributed by atoms with Gasteiger partial charge in [-0.05, 0) is 18.4 Å². The molecule has 0 rings (SSSR count). The standard InChI is InChI=1S/C8H19N/c1-4-5-7(2)8(3)6-9/h7-8H,4-6,9H2,1-3H3/t7-,8?/m1/s1. The Kier molecular flexibility index (Phi) is 4.78. The van der Waals surface area contributed by atoms with Crippen molar-refractivity contribution in [3.05, 3.63) is 0 Å². The molecule has 1 nitrogen and oxygen atoms in total. The summed E-state index contributed by atoms with van der Waals surface area (Å²) in [6.07, 6.45) is 2.60. The summed E-state index contributed by atoms with van der Waals surface area (Å²) < 4.78 is 0. The van der Waals surface area contributed by atoms with E-state index in [-0.39, 0.29) is 0 Å². The lowest BCUT2D eigenvalue weighted by atomic mass is 9.92. The molecule has 0 aromatic carbocycles.